The van der Waals surface area contributed by atoms with Crippen LogP contribution in [0.2, 0.25) is 0 Å². The third-order valence-corrected chi connectivity index (χ3v) is 5.02. The van der Waals surface area contributed by atoms with E-state index in [2.05, 4.69) is 25.4 Å². The molecule has 0 amide bonds. The summed E-state index contributed by atoms with van der Waals surface area (Å²) in [6, 6.07) is 15.9. The van der Waals surface area contributed by atoms with Crippen molar-refractivity contribution in [3.05, 3.63) is 72.1 Å². The molecule has 1 atom stereocenters. The fourth-order valence-electron chi connectivity index (χ4n) is 3.43. The van der Waals surface area contributed by atoms with E-state index in [0.717, 1.165) is 34.4 Å². The van der Waals surface area contributed by atoms with Gasteiger partial charge in [0.25, 0.3) is 0 Å². The van der Waals surface area contributed by atoms with Gasteiger partial charge in [-0.1, -0.05) is 12.1 Å². The Balaban J connectivity index is 1.49. The fraction of sp³-hybridized carbons (Fsp3) is 0.136. The van der Waals surface area contributed by atoms with Crippen LogP contribution in [-0.2, 0) is 6.18 Å². The fourth-order valence-corrected chi connectivity index (χ4v) is 3.43. The van der Waals surface area contributed by atoms with Crippen LogP contribution in [0.3, 0.4) is 0 Å². The molecule has 0 saturated heterocycles. The van der Waals surface area contributed by atoms with E-state index in [4.69, 9.17) is 0 Å². The number of aromatic nitrogens is 5. The van der Waals surface area contributed by atoms with Crippen LogP contribution in [0.5, 0.6) is 0 Å². The summed E-state index contributed by atoms with van der Waals surface area (Å²) in [5.74, 6) is 0.746. The summed E-state index contributed by atoms with van der Waals surface area (Å²) in [6.07, 6.45) is -5.09. The van der Waals surface area contributed by atoms with Gasteiger partial charge in [0.1, 0.15) is 11.9 Å². The molecule has 1 unspecified atom stereocenters. The van der Waals surface area contributed by atoms with Gasteiger partial charge in [-0.25, -0.2) is 9.50 Å². The maximum atomic E-state index is 12.8. The molecule has 0 spiro atoms. The molecular formula is C22H17F3N6O. The summed E-state index contributed by atoms with van der Waals surface area (Å²) in [5.41, 5.74) is 3.44. The van der Waals surface area contributed by atoms with Crippen LogP contribution in [0, 0.1) is 0 Å². The largest absolute Gasteiger partial charge is 0.416 e. The minimum absolute atomic E-state index is 0.260. The second-order valence-corrected chi connectivity index (χ2v) is 7.35. The lowest BCUT2D eigenvalue weighted by atomic mass is 10.1. The number of alkyl halides is 3. The number of benzene rings is 2. The zero-order valence-corrected chi connectivity index (χ0v) is 16.7. The Morgan fingerprint density at radius 2 is 1.81 bits per heavy atom. The predicted molar refractivity (Wildman–Crippen MR) is 113 cm³/mol. The quantitative estimate of drug-likeness (QED) is 0.364. The van der Waals surface area contributed by atoms with Crippen LogP contribution in [0.25, 0.3) is 27.9 Å². The van der Waals surface area contributed by atoms with Gasteiger partial charge in [-0.2, -0.15) is 18.2 Å². The first-order valence-corrected chi connectivity index (χ1v) is 9.76. The highest BCUT2D eigenvalue weighted by Crippen LogP contribution is 2.30. The Morgan fingerprint density at radius 1 is 1.03 bits per heavy atom. The number of halogens is 3. The first-order chi connectivity index (χ1) is 15.3. The average molecular weight is 438 g/mol. The van der Waals surface area contributed by atoms with Crippen molar-refractivity contribution in [2.45, 2.75) is 19.2 Å². The highest BCUT2D eigenvalue weighted by Gasteiger charge is 2.30. The van der Waals surface area contributed by atoms with E-state index in [1.807, 2.05) is 30.3 Å². The lowest BCUT2D eigenvalue weighted by molar-refractivity contribution is -0.137. The average Bonchev–Trinajstić information content (AvgIpc) is 3.36. The number of aliphatic hydroxyl groups is 1. The Hall–Kier alpha value is -3.92. The van der Waals surface area contributed by atoms with Gasteiger partial charge >= 0.3 is 6.18 Å². The molecule has 162 valence electrons. The maximum absolute atomic E-state index is 12.8. The molecule has 5 aromatic rings. The molecule has 0 aliphatic carbocycles. The van der Waals surface area contributed by atoms with Gasteiger partial charge in [-0.3, -0.25) is 0 Å². The molecule has 10 heteroatoms. The minimum atomic E-state index is -4.39. The van der Waals surface area contributed by atoms with E-state index in [9.17, 15) is 18.3 Å². The molecular weight excluding hydrogens is 421 g/mol. The van der Waals surface area contributed by atoms with Crippen LogP contribution in [0.1, 0.15) is 24.4 Å². The molecule has 2 aromatic carbocycles. The van der Waals surface area contributed by atoms with E-state index < -0.39 is 17.8 Å². The first-order valence-electron chi connectivity index (χ1n) is 9.76. The highest BCUT2D eigenvalue weighted by atomic mass is 19.4. The van der Waals surface area contributed by atoms with Crippen LogP contribution < -0.4 is 5.32 Å². The van der Waals surface area contributed by atoms with Crippen molar-refractivity contribution in [1.29, 1.82) is 0 Å². The van der Waals surface area contributed by atoms with Gasteiger partial charge in [0, 0.05) is 11.3 Å². The molecule has 0 aliphatic heterocycles. The van der Waals surface area contributed by atoms with Gasteiger partial charge < -0.3 is 15.4 Å². The van der Waals surface area contributed by atoms with Crippen LogP contribution >= 0.6 is 0 Å². The number of nitrogens with one attached hydrogen (secondary N) is 2. The lowest BCUT2D eigenvalue weighted by Crippen LogP contribution is -2.04. The van der Waals surface area contributed by atoms with Crippen molar-refractivity contribution in [1.82, 2.24) is 24.6 Å². The third-order valence-electron chi connectivity index (χ3n) is 5.02. The Bertz CT molecular complexity index is 1420. The second kappa shape index (κ2) is 7.34. The minimum Gasteiger partial charge on any atom is -0.385 e. The number of nitrogens with zero attached hydrogens (tertiary/aromatic N) is 4. The number of fused-ring (bicyclic) bond motifs is 2. The molecule has 32 heavy (non-hydrogen) atoms. The molecule has 0 saturated carbocycles. The summed E-state index contributed by atoms with van der Waals surface area (Å²) in [4.78, 5) is 11.9. The van der Waals surface area contributed by atoms with Gasteiger partial charge in [0.2, 0.25) is 5.95 Å². The number of pyridine rings is 1. The van der Waals surface area contributed by atoms with Gasteiger partial charge in [-0.05, 0) is 55.5 Å². The van der Waals surface area contributed by atoms with E-state index in [0.29, 0.717) is 17.2 Å². The number of anilines is 2. The second-order valence-electron chi connectivity index (χ2n) is 7.35. The molecule has 0 radical (unpaired) electrons. The number of imidazole rings is 1. The topological polar surface area (TPSA) is 91.1 Å². The Morgan fingerprint density at radius 3 is 2.53 bits per heavy atom. The number of aromatic amines is 1. The number of H-pyrrole nitrogens is 1. The maximum Gasteiger partial charge on any atom is 0.416 e. The van der Waals surface area contributed by atoms with Crippen molar-refractivity contribution < 1.29 is 18.3 Å². The normalized spacial score (nSPS) is 13.0. The SMILES string of the molecule is CC(O)c1nc2ccc(-c3cccc4nc(Nc5ccc(C(F)(F)F)cc5)nn34)cc2[nH]1. The predicted octanol–water partition coefficient (Wildman–Crippen LogP) is 5.09. The molecule has 5 rings (SSSR count). The first kappa shape index (κ1) is 20.0. The standard InChI is InChI=1S/C22H17F3N6O/c1-12(32)20-27-16-10-5-13(11-17(16)28-20)18-3-2-4-19-29-21(30-31(18)19)26-15-8-6-14(7-9-15)22(23,24)25/h2-12,32H,1H3,(H,26,30)(H,27,28). The number of aliphatic hydroxyl groups excluding tert-OH is 1. The summed E-state index contributed by atoms with van der Waals surface area (Å²) >= 11 is 0. The van der Waals surface area contributed by atoms with E-state index in [1.165, 1.54) is 12.1 Å². The zero-order valence-electron chi connectivity index (χ0n) is 16.7. The molecule has 3 aromatic heterocycles. The van der Waals surface area contributed by atoms with E-state index in [1.54, 1.807) is 17.5 Å². The smallest absolute Gasteiger partial charge is 0.385 e. The van der Waals surface area contributed by atoms with Crippen molar-refractivity contribution in [2.75, 3.05) is 5.32 Å². The van der Waals surface area contributed by atoms with Crippen LogP contribution in [-0.4, -0.2) is 29.7 Å². The molecule has 3 heterocycles. The number of hydrogen-bond acceptors (Lipinski definition) is 5. The molecule has 3 N–H and O–H groups in total. The monoisotopic (exact) mass is 438 g/mol. The van der Waals surface area contributed by atoms with E-state index >= 15 is 0 Å². The van der Waals surface area contributed by atoms with E-state index in [-0.39, 0.29) is 5.95 Å². The molecule has 0 aliphatic rings. The summed E-state index contributed by atoms with van der Waals surface area (Å²) in [7, 11) is 0. The Kier molecular flexibility index (Phi) is 4.59. The third kappa shape index (κ3) is 3.65. The van der Waals surface area contributed by atoms with Crippen molar-refractivity contribution in [3.8, 4) is 11.3 Å². The van der Waals surface area contributed by atoms with Crippen molar-refractivity contribution >= 4 is 28.3 Å². The number of hydrogen-bond donors (Lipinski definition) is 3. The highest BCUT2D eigenvalue weighted by molar-refractivity contribution is 5.81. The van der Waals surface area contributed by atoms with Crippen molar-refractivity contribution in [3.63, 3.8) is 0 Å². The van der Waals surface area contributed by atoms with Gasteiger partial charge in [0.15, 0.2) is 5.65 Å². The zero-order chi connectivity index (χ0) is 22.5. The summed E-state index contributed by atoms with van der Waals surface area (Å²) in [6.45, 7) is 1.64. The molecule has 0 fully saturated rings. The number of rotatable bonds is 4. The molecule has 0 bridgehead atoms. The van der Waals surface area contributed by atoms with Crippen molar-refractivity contribution in [2.24, 2.45) is 0 Å². The summed E-state index contributed by atoms with van der Waals surface area (Å²) < 4.78 is 39.9. The van der Waals surface area contributed by atoms with Crippen LogP contribution in [0.4, 0.5) is 24.8 Å². The van der Waals surface area contributed by atoms with Gasteiger partial charge in [-0.15, -0.1) is 5.10 Å². The van der Waals surface area contributed by atoms with Gasteiger partial charge in [0.05, 0.1) is 22.3 Å². The summed E-state index contributed by atoms with van der Waals surface area (Å²) in [5, 5.41) is 17.2. The van der Waals surface area contributed by atoms with Crippen LogP contribution in [0.15, 0.2) is 60.7 Å². The lowest BCUT2D eigenvalue weighted by Gasteiger charge is -2.07. The Labute approximate surface area is 179 Å². The molecule has 7 nitrogen and oxygen atoms in total.